The minimum Gasteiger partial charge on any atom is -0.495 e. The van der Waals surface area contributed by atoms with Gasteiger partial charge in [-0.25, -0.2) is 8.42 Å². The zero-order chi connectivity index (χ0) is 21.0. The summed E-state index contributed by atoms with van der Waals surface area (Å²) in [4.78, 5) is 13.9. The molecule has 1 amide bonds. The van der Waals surface area contributed by atoms with Crippen molar-refractivity contribution in [1.82, 2.24) is 4.90 Å². The fourth-order valence-corrected chi connectivity index (χ4v) is 4.30. The topological polar surface area (TPSA) is 88.8 Å². The fraction of sp³-hybridized carbons (Fsp3) is 0.150. The van der Waals surface area contributed by atoms with Gasteiger partial charge in [0.15, 0.2) is 0 Å². The summed E-state index contributed by atoms with van der Waals surface area (Å²) in [5.74, 6) is 0.602. The number of rotatable bonds is 7. The van der Waals surface area contributed by atoms with Crippen molar-refractivity contribution < 1.29 is 22.4 Å². The van der Waals surface area contributed by atoms with Gasteiger partial charge in [-0.3, -0.25) is 9.52 Å². The van der Waals surface area contributed by atoms with Crippen LogP contribution in [-0.2, 0) is 16.6 Å². The normalized spacial score (nSPS) is 11.1. The molecule has 2 aromatic carbocycles. The van der Waals surface area contributed by atoms with Gasteiger partial charge < -0.3 is 14.1 Å². The zero-order valence-corrected chi connectivity index (χ0v) is 17.3. The van der Waals surface area contributed by atoms with Crippen LogP contribution in [-0.4, -0.2) is 33.4 Å². The van der Waals surface area contributed by atoms with E-state index in [1.54, 1.807) is 43.4 Å². The standard InChI is InChI=1S/C20H19ClN2O5S/c1-23(13-15-6-5-11-28-15)20(24)14-9-10-16(21)19(12-14)29(25,26)22-17-7-3-4-8-18(17)27-2/h3-12,22H,13H2,1-2H3. The van der Waals surface area contributed by atoms with E-state index in [-0.39, 0.29) is 33.6 Å². The van der Waals surface area contributed by atoms with Gasteiger partial charge in [-0.05, 0) is 42.5 Å². The van der Waals surface area contributed by atoms with Gasteiger partial charge >= 0.3 is 0 Å². The molecule has 1 heterocycles. The number of anilines is 1. The third-order valence-corrected chi connectivity index (χ3v) is 5.99. The average Bonchev–Trinajstić information content (AvgIpc) is 3.20. The molecule has 3 rings (SSSR count). The lowest BCUT2D eigenvalue weighted by Gasteiger charge is -2.17. The Bertz CT molecular complexity index is 1110. The van der Waals surface area contributed by atoms with Gasteiger partial charge in [-0.2, -0.15) is 0 Å². The Labute approximate surface area is 173 Å². The number of furan rings is 1. The maximum atomic E-state index is 12.9. The van der Waals surface area contributed by atoms with E-state index in [4.69, 9.17) is 20.8 Å². The fourth-order valence-electron chi connectivity index (χ4n) is 2.70. The summed E-state index contributed by atoms with van der Waals surface area (Å²) >= 11 is 6.13. The highest BCUT2D eigenvalue weighted by Gasteiger charge is 2.23. The predicted octanol–water partition coefficient (Wildman–Crippen LogP) is 4.01. The summed E-state index contributed by atoms with van der Waals surface area (Å²) in [6.45, 7) is 0.246. The summed E-state index contributed by atoms with van der Waals surface area (Å²) in [5, 5.41) is -0.00219. The van der Waals surface area contributed by atoms with Crippen molar-refractivity contribution in [3.05, 3.63) is 77.2 Å². The van der Waals surface area contributed by atoms with Gasteiger partial charge in [-0.15, -0.1) is 0 Å². The van der Waals surface area contributed by atoms with E-state index < -0.39 is 10.0 Å². The van der Waals surface area contributed by atoms with Crippen molar-refractivity contribution in [2.24, 2.45) is 0 Å². The molecule has 9 heteroatoms. The van der Waals surface area contributed by atoms with Crippen molar-refractivity contribution >= 4 is 33.2 Å². The number of methoxy groups -OCH3 is 1. The highest BCUT2D eigenvalue weighted by atomic mass is 35.5. The number of nitrogens with zero attached hydrogens (tertiary/aromatic N) is 1. The number of nitrogens with one attached hydrogen (secondary N) is 1. The van der Waals surface area contributed by atoms with Gasteiger partial charge in [0.05, 0.1) is 30.6 Å². The molecule has 0 spiro atoms. The molecule has 0 saturated heterocycles. The first-order valence-corrected chi connectivity index (χ1v) is 10.4. The molecule has 0 radical (unpaired) electrons. The van der Waals surface area contributed by atoms with E-state index in [2.05, 4.69) is 4.72 Å². The minimum absolute atomic E-state index is 0.00219. The number of amides is 1. The molecule has 0 fully saturated rings. The number of carbonyl (C=O) groups is 1. The first kappa shape index (κ1) is 20.8. The quantitative estimate of drug-likeness (QED) is 0.606. The van der Waals surface area contributed by atoms with Crippen molar-refractivity contribution in [3.8, 4) is 5.75 Å². The van der Waals surface area contributed by atoms with Crippen LogP contribution in [0.2, 0.25) is 5.02 Å². The predicted molar refractivity (Wildman–Crippen MR) is 110 cm³/mol. The second-order valence-electron chi connectivity index (χ2n) is 6.19. The Morgan fingerprint density at radius 1 is 1.17 bits per heavy atom. The summed E-state index contributed by atoms with van der Waals surface area (Å²) in [7, 11) is -1.02. The van der Waals surface area contributed by atoms with Gasteiger partial charge in [0, 0.05) is 12.6 Å². The minimum atomic E-state index is -4.06. The lowest BCUT2D eigenvalue weighted by Crippen LogP contribution is -2.26. The summed E-state index contributed by atoms with van der Waals surface area (Å²) < 4.78 is 38.7. The number of sulfonamides is 1. The van der Waals surface area contributed by atoms with Crippen LogP contribution in [0.1, 0.15) is 16.1 Å². The van der Waals surface area contributed by atoms with Crippen LogP contribution in [0.15, 0.2) is 70.2 Å². The Morgan fingerprint density at radius 2 is 1.93 bits per heavy atom. The molecule has 3 aromatic rings. The maximum Gasteiger partial charge on any atom is 0.263 e. The second-order valence-corrected chi connectivity index (χ2v) is 8.25. The number of benzene rings is 2. The first-order valence-electron chi connectivity index (χ1n) is 8.55. The van der Waals surface area contributed by atoms with Gasteiger partial charge in [0.1, 0.15) is 16.4 Å². The van der Waals surface area contributed by atoms with Crippen LogP contribution < -0.4 is 9.46 Å². The molecule has 152 valence electrons. The molecule has 1 N–H and O–H groups in total. The van der Waals surface area contributed by atoms with Crippen molar-refractivity contribution in [1.29, 1.82) is 0 Å². The third kappa shape index (κ3) is 4.72. The smallest absolute Gasteiger partial charge is 0.263 e. The van der Waals surface area contributed by atoms with Gasteiger partial charge in [0.25, 0.3) is 15.9 Å². The van der Waals surface area contributed by atoms with Crippen molar-refractivity contribution in [2.75, 3.05) is 18.9 Å². The maximum absolute atomic E-state index is 12.9. The van der Waals surface area contributed by atoms with Crippen LogP contribution in [0.25, 0.3) is 0 Å². The number of hydrogen-bond acceptors (Lipinski definition) is 5. The average molecular weight is 435 g/mol. The lowest BCUT2D eigenvalue weighted by atomic mass is 10.2. The number of carbonyl (C=O) groups excluding carboxylic acids is 1. The number of halogens is 1. The molecule has 0 atom stereocenters. The van der Waals surface area contributed by atoms with Crippen LogP contribution in [0, 0.1) is 0 Å². The molecule has 0 saturated carbocycles. The highest BCUT2D eigenvalue weighted by Crippen LogP contribution is 2.29. The molecule has 1 aromatic heterocycles. The lowest BCUT2D eigenvalue weighted by molar-refractivity contribution is 0.0775. The Balaban J connectivity index is 1.88. The molecular weight excluding hydrogens is 416 g/mol. The van der Waals surface area contributed by atoms with E-state index >= 15 is 0 Å². The number of hydrogen-bond donors (Lipinski definition) is 1. The molecule has 0 bridgehead atoms. The molecule has 7 nitrogen and oxygen atoms in total. The van der Waals surface area contributed by atoms with Gasteiger partial charge in [0.2, 0.25) is 0 Å². The Hall–Kier alpha value is -2.97. The Morgan fingerprint density at radius 3 is 2.62 bits per heavy atom. The molecular formula is C20H19ClN2O5S. The largest absolute Gasteiger partial charge is 0.495 e. The monoisotopic (exact) mass is 434 g/mol. The van der Waals surface area contributed by atoms with Crippen LogP contribution >= 0.6 is 11.6 Å². The van der Waals surface area contributed by atoms with E-state index in [0.717, 1.165) is 0 Å². The molecule has 29 heavy (non-hydrogen) atoms. The van der Waals surface area contributed by atoms with E-state index in [9.17, 15) is 13.2 Å². The van der Waals surface area contributed by atoms with E-state index in [0.29, 0.717) is 11.5 Å². The van der Waals surface area contributed by atoms with Crippen LogP contribution in [0.5, 0.6) is 5.75 Å². The SMILES string of the molecule is COc1ccccc1NS(=O)(=O)c1cc(C(=O)N(C)Cc2ccco2)ccc1Cl. The summed E-state index contributed by atoms with van der Waals surface area (Å²) in [5.41, 5.74) is 0.446. The van der Waals surface area contributed by atoms with Crippen LogP contribution in [0.3, 0.4) is 0 Å². The van der Waals surface area contributed by atoms with E-state index in [1.807, 2.05) is 0 Å². The zero-order valence-electron chi connectivity index (χ0n) is 15.8. The molecule has 0 aliphatic carbocycles. The highest BCUT2D eigenvalue weighted by molar-refractivity contribution is 7.92. The number of ether oxygens (including phenoxy) is 1. The third-order valence-electron chi connectivity index (χ3n) is 4.14. The molecule has 0 aliphatic rings. The number of para-hydroxylation sites is 2. The summed E-state index contributed by atoms with van der Waals surface area (Å²) in [6.07, 6.45) is 1.52. The second kappa shape index (κ2) is 8.59. The Kier molecular flexibility index (Phi) is 6.14. The molecule has 0 aliphatic heterocycles. The first-order chi connectivity index (χ1) is 13.8. The van der Waals surface area contributed by atoms with E-state index in [1.165, 1.54) is 36.5 Å². The van der Waals surface area contributed by atoms with Crippen LogP contribution in [0.4, 0.5) is 5.69 Å². The molecule has 0 unspecified atom stereocenters. The summed E-state index contributed by atoms with van der Waals surface area (Å²) in [6, 6.07) is 14.2. The van der Waals surface area contributed by atoms with Crippen molar-refractivity contribution in [3.63, 3.8) is 0 Å². The van der Waals surface area contributed by atoms with Gasteiger partial charge in [-0.1, -0.05) is 23.7 Å². The van der Waals surface area contributed by atoms with Crippen molar-refractivity contribution in [2.45, 2.75) is 11.4 Å².